The van der Waals surface area contributed by atoms with Crippen LogP contribution in [-0.4, -0.2) is 10.2 Å². The van der Waals surface area contributed by atoms with Gasteiger partial charge in [-0.25, -0.2) is 0 Å². The zero-order chi connectivity index (χ0) is 8.55. The number of fused-ring (bicyclic) bond motifs is 1. The first-order chi connectivity index (χ1) is 5.81. The molecule has 0 amide bonds. The maximum Gasteiger partial charge on any atom is 0.133 e. The molecular formula is C9H8O2S. The van der Waals surface area contributed by atoms with E-state index >= 15 is 0 Å². The van der Waals surface area contributed by atoms with Crippen molar-refractivity contribution in [2.45, 2.75) is 6.61 Å². The average Bonchev–Trinajstić information content (AvgIpc) is 2.52. The van der Waals surface area contributed by atoms with Gasteiger partial charge in [-0.1, -0.05) is 0 Å². The number of hydrogen-bond acceptors (Lipinski definition) is 3. The number of phenols is 1. The highest BCUT2D eigenvalue weighted by Gasteiger charge is 2.02. The number of hydrogen-bond donors (Lipinski definition) is 2. The number of benzene rings is 1. The van der Waals surface area contributed by atoms with Gasteiger partial charge in [0.1, 0.15) is 5.75 Å². The summed E-state index contributed by atoms with van der Waals surface area (Å²) in [6.45, 7) is -0.0284. The van der Waals surface area contributed by atoms with E-state index in [1.165, 1.54) is 11.3 Å². The third kappa shape index (κ3) is 1.07. The molecule has 0 unspecified atom stereocenters. The summed E-state index contributed by atoms with van der Waals surface area (Å²) >= 11 is 1.50. The lowest BCUT2D eigenvalue weighted by atomic mass is 10.1. The van der Waals surface area contributed by atoms with Gasteiger partial charge in [-0.3, -0.25) is 0 Å². The van der Waals surface area contributed by atoms with Crippen molar-refractivity contribution in [1.82, 2.24) is 0 Å². The van der Waals surface area contributed by atoms with Crippen LogP contribution in [0.1, 0.15) is 5.56 Å². The molecule has 0 saturated heterocycles. The first-order valence-electron chi connectivity index (χ1n) is 3.61. The number of thiophene rings is 1. The van der Waals surface area contributed by atoms with Crippen LogP contribution in [0.25, 0.3) is 10.1 Å². The predicted octanol–water partition coefficient (Wildman–Crippen LogP) is 2.10. The van der Waals surface area contributed by atoms with Crippen molar-refractivity contribution in [1.29, 1.82) is 0 Å². The Hall–Kier alpha value is -1.06. The van der Waals surface area contributed by atoms with Gasteiger partial charge >= 0.3 is 0 Å². The van der Waals surface area contributed by atoms with Gasteiger partial charge in [0.05, 0.1) is 11.3 Å². The Kier molecular flexibility index (Phi) is 1.75. The van der Waals surface area contributed by atoms with E-state index < -0.39 is 0 Å². The summed E-state index contributed by atoms with van der Waals surface area (Å²) < 4.78 is 0.882. The lowest BCUT2D eigenvalue weighted by molar-refractivity contribution is 0.281. The molecule has 0 aliphatic carbocycles. The van der Waals surface area contributed by atoms with Gasteiger partial charge in [0.2, 0.25) is 0 Å². The number of aliphatic hydroxyl groups excluding tert-OH is 1. The lowest BCUT2D eigenvalue weighted by Gasteiger charge is -1.98. The Balaban J connectivity index is 2.75. The van der Waals surface area contributed by atoms with E-state index in [0.717, 1.165) is 15.6 Å². The van der Waals surface area contributed by atoms with Crippen LogP contribution in [-0.2, 0) is 6.61 Å². The molecule has 1 aromatic carbocycles. The Labute approximate surface area is 73.7 Å². The number of rotatable bonds is 1. The van der Waals surface area contributed by atoms with Gasteiger partial charge in [-0.2, -0.15) is 0 Å². The van der Waals surface area contributed by atoms with E-state index in [1.54, 1.807) is 6.07 Å². The van der Waals surface area contributed by atoms with Crippen molar-refractivity contribution in [3.05, 3.63) is 29.1 Å². The summed E-state index contributed by atoms with van der Waals surface area (Å²) in [5, 5.41) is 21.2. The molecule has 62 valence electrons. The molecule has 0 radical (unpaired) electrons. The van der Waals surface area contributed by atoms with E-state index in [1.807, 2.05) is 17.5 Å². The van der Waals surface area contributed by atoms with Crippen LogP contribution in [0, 0.1) is 0 Å². The van der Waals surface area contributed by atoms with E-state index in [4.69, 9.17) is 5.11 Å². The van der Waals surface area contributed by atoms with Crippen molar-refractivity contribution in [2.24, 2.45) is 0 Å². The Morgan fingerprint density at radius 3 is 2.92 bits per heavy atom. The zero-order valence-corrected chi connectivity index (χ0v) is 7.14. The molecule has 0 atom stereocenters. The second-order valence-electron chi connectivity index (χ2n) is 2.61. The van der Waals surface area contributed by atoms with Crippen LogP contribution >= 0.6 is 11.3 Å². The molecule has 0 fully saturated rings. The predicted molar refractivity (Wildman–Crippen MR) is 49.4 cm³/mol. The van der Waals surface area contributed by atoms with Gasteiger partial charge in [-0.15, -0.1) is 11.3 Å². The van der Waals surface area contributed by atoms with Gasteiger partial charge in [0, 0.05) is 0 Å². The third-order valence-corrected chi connectivity index (χ3v) is 2.73. The van der Waals surface area contributed by atoms with Gasteiger partial charge in [0.25, 0.3) is 0 Å². The van der Waals surface area contributed by atoms with Gasteiger partial charge in [0.15, 0.2) is 0 Å². The fraction of sp³-hybridized carbons (Fsp3) is 0.111. The minimum Gasteiger partial charge on any atom is -0.506 e. The molecule has 1 heterocycles. The largest absolute Gasteiger partial charge is 0.506 e. The van der Waals surface area contributed by atoms with E-state index in [9.17, 15) is 5.11 Å². The second kappa shape index (κ2) is 2.77. The molecule has 2 rings (SSSR count). The van der Waals surface area contributed by atoms with Crippen molar-refractivity contribution < 1.29 is 10.2 Å². The molecule has 0 aliphatic heterocycles. The van der Waals surface area contributed by atoms with Gasteiger partial charge < -0.3 is 10.2 Å². The molecule has 2 nitrogen and oxygen atoms in total. The van der Waals surface area contributed by atoms with Crippen molar-refractivity contribution in [3.63, 3.8) is 0 Å². The molecule has 0 bridgehead atoms. The highest BCUT2D eigenvalue weighted by molar-refractivity contribution is 7.17. The van der Waals surface area contributed by atoms with Gasteiger partial charge in [-0.05, 0) is 34.5 Å². The first-order valence-corrected chi connectivity index (χ1v) is 4.49. The standard InChI is InChI=1S/C9H8O2S/c10-5-6-3-7-1-2-12-9(7)8(11)4-6/h1-4,10-11H,5H2. The molecule has 2 N–H and O–H groups in total. The summed E-state index contributed by atoms with van der Waals surface area (Å²) in [5.41, 5.74) is 0.749. The number of aliphatic hydroxyl groups is 1. The summed E-state index contributed by atoms with van der Waals surface area (Å²) in [4.78, 5) is 0. The summed E-state index contributed by atoms with van der Waals surface area (Å²) in [7, 11) is 0. The summed E-state index contributed by atoms with van der Waals surface area (Å²) in [6.07, 6.45) is 0. The number of phenolic OH excluding ortho intramolecular Hbond substituents is 1. The summed E-state index contributed by atoms with van der Waals surface area (Å²) in [5.74, 6) is 0.256. The van der Waals surface area contributed by atoms with Crippen LogP contribution in [0.2, 0.25) is 0 Å². The van der Waals surface area contributed by atoms with Crippen LogP contribution < -0.4 is 0 Å². The van der Waals surface area contributed by atoms with Crippen molar-refractivity contribution >= 4 is 21.4 Å². The molecule has 0 aliphatic rings. The molecule has 0 spiro atoms. The monoisotopic (exact) mass is 180 g/mol. The van der Waals surface area contributed by atoms with Crippen molar-refractivity contribution in [3.8, 4) is 5.75 Å². The van der Waals surface area contributed by atoms with E-state index in [0.29, 0.717) is 0 Å². The number of aromatic hydroxyl groups is 1. The Morgan fingerprint density at radius 1 is 1.33 bits per heavy atom. The summed E-state index contributed by atoms with van der Waals surface area (Å²) in [6, 6.07) is 5.41. The van der Waals surface area contributed by atoms with E-state index in [-0.39, 0.29) is 12.4 Å². The second-order valence-corrected chi connectivity index (χ2v) is 3.53. The minimum atomic E-state index is -0.0284. The molecule has 1 aromatic heterocycles. The maximum absolute atomic E-state index is 9.47. The van der Waals surface area contributed by atoms with Crippen LogP contribution in [0.3, 0.4) is 0 Å². The molecule has 12 heavy (non-hydrogen) atoms. The van der Waals surface area contributed by atoms with Crippen molar-refractivity contribution in [2.75, 3.05) is 0 Å². The molecule has 0 saturated carbocycles. The van der Waals surface area contributed by atoms with Crippen LogP contribution in [0.4, 0.5) is 0 Å². The topological polar surface area (TPSA) is 40.5 Å². The fourth-order valence-electron chi connectivity index (χ4n) is 1.21. The normalized spacial score (nSPS) is 10.8. The third-order valence-electron chi connectivity index (χ3n) is 1.77. The smallest absolute Gasteiger partial charge is 0.133 e. The molecular weight excluding hydrogens is 172 g/mol. The average molecular weight is 180 g/mol. The highest BCUT2D eigenvalue weighted by Crippen LogP contribution is 2.30. The quantitative estimate of drug-likeness (QED) is 0.705. The van der Waals surface area contributed by atoms with Crippen LogP contribution in [0.5, 0.6) is 5.75 Å². The fourth-order valence-corrected chi connectivity index (χ4v) is 2.01. The highest BCUT2D eigenvalue weighted by atomic mass is 32.1. The lowest BCUT2D eigenvalue weighted by Crippen LogP contribution is -1.81. The SMILES string of the molecule is OCc1cc(O)c2sccc2c1. The maximum atomic E-state index is 9.47. The Morgan fingerprint density at radius 2 is 2.17 bits per heavy atom. The first kappa shape index (κ1) is 7.58. The van der Waals surface area contributed by atoms with Crippen LogP contribution in [0.15, 0.2) is 23.6 Å². The zero-order valence-electron chi connectivity index (χ0n) is 6.32. The molecule has 3 heteroatoms. The Bertz CT molecular complexity index is 406. The van der Waals surface area contributed by atoms with E-state index in [2.05, 4.69) is 0 Å². The molecule has 2 aromatic rings. The minimum absolute atomic E-state index is 0.0284.